The van der Waals surface area contributed by atoms with Gasteiger partial charge in [-0.15, -0.1) is 0 Å². The zero-order chi connectivity index (χ0) is 14.2. The summed E-state index contributed by atoms with van der Waals surface area (Å²) < 4.78 is 40.7. The summed E-state index contributed by atoms with van der Waals surface area (Å²) in [5, 5.41) is 0. The second kappa shape index (κ2) is 7.25. The maximum Gasteiger partial charge on any atom is 0.401 e. The Labute approximate surface area is 100 Å². The van der Waals surface area contributed by atoms with E-state index in [2.05, 4.69) is 4.74 Å². The molecule has 0 aromatic rings. The minimum atomic E-state index is -4.72. The highest BCUT2D eigenvalue weighted by atomic mass is 19.4. The van der Waals surface area contributed by atoms with E-state index in [4.69, 9.17) is 0 Å². The molecule has 0 fully saturated rings. The molecule has 0 rings (SSSR count). The molecule has 0 saturated heterocycles. The van der Waals surface area contributed by atoms with E-state index in [1.807, 2.05) is 0 Å². The summed E-state index contributed by atoms with van der Waals surface area (Å²) in [5.41, 5.74) is 0. The highest BCUT2D eigenvalue weighted by Gasteiger charge is 2.37. The van der Waals surface area contributed by atoms with Crippen LogP contribution in [-0.2, 0) is 19.1 Å². The molecule has 0 aliphatic rings. The number of hydrogen-bond donors (Lipinski definition) is 0. The van der Waals surface area contributed by atoms with Crippen LogP contribution in [0.25, 0.3) is 0 Å². The number of esters is 1. The van der Waals surface area contributed by atoms with Gasteiger partial charge in [0.05, 0.1) is 7.11 Å². The number of aldehydes is 1. The van der Waals surface area contributed by atoms with Crippen molar-refractivity contribution in [3.8, 4) is 0 Å². The van der Waals surface area contributed by atoms with Crippen LogP contribution < -0.4 is 0 Å². The predicted molar refractivity (Wildman–Crippen MR) is 53.8 cm³/mol. The van der Waals surface area contributed by atoms with Crippen molar-refractivity contribution in [1.29, 1.82) is 0 Å². The lowest BCUT2D eigenvalue weighted by molar-refractivity contribution is -0.164. The molecule has 0 bridgehead atoms. The van der Waals surface area contributed by atoms with Gasteiger partial charge in [0.1, 0.15) is 12.2 Å². The first-order chi connectivity index (χ1) is 8.35. The van der Waals surface area contributed by atoms with Gasteiger partial charge in [-0.2, -0.15) is 13.2 Å². The monoisotopic (exact) mass is 265 g/mol. The van der Waals surface area contributed by atoms with Crippen molar-refractivity contribution in [1.82, 2.24) is 4.90 Å². The van der Waals surface area contributed by atoms with E-state index in [0.717, 1.165) is 25.6 Å². The van der Waals surface area contributed by atoms with Gasteiger partial charge in [0.2, 0.25) is 6.41 Å². The van der Waals surface area contributed by atoms with Crippen LogP contribution in [0.1, 0.15) is 0 Å². The van der Waals surface area contributed by atoms with Gasteiger partial charge in [-0.3, -0.25) is 9.69 Å². The Bertz CT molecular complexity index is 363. The van der Waals surface area contributed by atoms with E-state index in [0.29, 0.717) is 11.0 Å². The van der Waals surface area contributed by atoms with Crippen molar-refractivity contribution < 1.29 is 32.3 Å². The van der Waals surface area contributed by atoms with Crippen LogP contribution in [0.15, 0.2) is 24.6 Å². The maximum absolute atomic E-state index is 12.2. The van der Waals surface area contributed by atoms with Crippen LogP contribution in [0.5, 0.6) is 0 Å². The van der Waals surface area contributed by atoms with E-state index in [1.165, 1.54) is 0 Å². The summed E-state index contributed by atoms with van der Waals surface area (Å²) in [5.74, 6) is -3.09. The van der Waals surface area contributed by atoms with Crippen LogP contribution in [0, 0.1) is 5.92 Å². The lowest BCUT2D eigenvalue weighted by Crippen LogP contribution is -2.22. The molecule has 18 heavy (non-hydrogen) atoms. The number of ether oxygens (including phenoxy) is 1. The Hall–Kier alpha value is -2.12. The van der Waals surface area contributed by atoms with E-state index < -0.39 is 18.1 Å². The zero-order valence-electron chi connectivity index (χ0n) is 9.26. The maximum atomic E-state index is 12.2. The Balaban J connectivity index is 4.71. The number of carbonyl (C=O) groups is 3. The first-order valence-electron chi connectivity index (χ1n) is 4.54. The van der Waals surface area contributed by atoms with Gasteiger partial charge in [0, 0.05) is 18.5 Å². The quantitative estimate of drug-likeness (QED) is 0.408. The van der Waals surface area contributed by atoms with Crippen molar-refractivity contribution in [2.24, 2.45) is 5.92 Å². The second-order valence-corrected chi connectivity index (χ2v) is 2.94. The molecule has 0 aliphatic carbocycles. The fraction of sp³-hybridized carbons (Fsp3) is 0.300. The number of halogens is 3. The Morgan fingerprint density at radius 3 is 2.28 bits per heavy atom. The highest BCUT2D eigenvalue weighted by Crippen LogP contribution is 2.25. The molecular weight excluding hydrogens is 255 g/mol. The van der Waals surface area contributed by atoms with E-state index >= 15 is 0 Å². The van der Waals surface area contributed by atoms with Crippen molar-refractivity contribution >= 4 is 18.7 Å². The minimum absolute atomic E-state index is 0.161. The lowest BCUT2D eigenvalue weighted by atomic mass is 10.1. The molecule has 1 unspecified atom stereocenters. The van der Waals surface area contributed by atoms with Gasteiger partial charge in [-0.05, 0) is 6.08 Å². The number of allylic oxidation sites excluding steroid dienone is 1. The molecule has 0 radical (unpaired) electrons. The average Bonchev–Trinajstić information content (AvgIpc) is 2.31. The van der Waals surface area contributed by atoms with Crippen LogP contribution in [0.4, 0.5) is 13.2 Å². The van der Waals surface area contributed by atoms with Crippen molar-refractivity contribution in [2.75, 3.05) is 7.11 Å². The molecule has 100 valence electrons. The van der Waals surface area contributed by atoms with Gasteiger partial charge in [0.15, 0.2) is 0 Å². The summed E-state index contributed by atoms with van der Waals surface area (Å²) in [4.78, 5) is 32.0. The minimum Gasteiger partial charge on any atom is -0.466 e. The molecule has 0 saturated carbocycles. The molecule has 0 aromatic carbocycles. The summed E-state index contributed by atoms with van der Waals surface area (Å²) in [6.45, 7) is 0. The number of nitrogens with zero attached hydrogens (tertiary/aromatic N) is 1. The number of hydrogen-bond acceptors (Lipinski definition) is 4. The largest absolute Gasteiger partial charge is 0.466 e. The normalized spacial score (nSPS) is 13.6. The average molecular weight is 265 g/mol. The number of carbonyl (C=O) groups excluding carboxylic acids is 3. The highest BCUT2D eigenvalue weighted by molar-refractivity contribution is 5.82. The number of amides is 1. The van der Waals surface area contributed by atoms with Gasteiger partial charge < -0.3 is 9.53 Å². The molecule has 0 aromatic heterocycles. The summed E-state index contributed by atoms with van der Waals surface area (Å²) in [7, 11) is 1.10. The lowest BCUT2D eigenvalue weighted by Gasteiger charge is -2.11. The summed E-state index contributed by atoms with van der Waals surface area (Å²) >= 11 is 0. The fourth-order valence-corrected chi connectivity index (χ4v) is 0.759. The van der Waals surface area contributed by atoms with Crippen LogP contribution >= 0.6 is 0 Å². The third-order valence-electron chi connectivity index (χ3n) is 1.70. The molecular formula is C10H10F3NO4. The molecule has 0 spiro atoms. The van der Waals surface area contributed by atoms with Crippen molar-refractivity contribution in [2.45, 2.75) is 6.18 Å². The van der Waals surface area contributed by atoms with E-state index in [-0.39, 0.29) is 12.7 Å². The van der Waals surface area contributed by atoms with Gasteiger partial charge >= 0.3 is 12.1 Å². The molecule has 5 nitrogen and oxygen atoms in total. The van der Waals surface area contributed by atoms with Crippen molar-refractivity contribution in [3.63, 3.8) is 0 Å². The van der Waals surface area contributed by atoms with Gasteiger partial charge in [0.25, 0.3) is 0 Å². The third kappa shape index (κ3) is 5.83. The third-order valence-corrected chi connectivity index (χ3v) is 1.70. The standard InChI is InChI=1S/C10H10F3NO4/c1-18-9(17)3-5-14(7-16)4-2-8(6-15)10(11,12)13/h2-8H,1H3. The smallest absolute Gasteiger partial charge is 0.401 e. The van der Waals surface area contributed by atoms with Crippen molar-refractivity contribution in [3.05, 3.63) is 24.6 Å². The number of alkyl halides is 3. The molecule has 8 heteroatoms. The first kappa shape index (κ1) is 15.9. The second-order valence-electron chi connectivity index (χ2n) is 2.94. The number of rotatable bonds is 6. The molecule has 1 amide bonds. The van der Waals surface area contributed by atoms with Crippen LogP contribution in [0.3, 0.4) is 0 Å². The van der Waals surface area contributed by atoms with Crippen LogP contribution in [-0.4, -0.2) is 36.9 Å². The first-order valence-corrected chi connectivity index (χ1v) is 4.54. The van der Waals surface area contributed by atoms with Crippen LogP contribution in [0.2, 0.25) is 0 Å². The number of methoxy groups -OCH3 is 1. The topological polar surface area (TPSA) is 63.7 Å². The molecule has 0 N–H and O–H groups in total. The zero-order valence-corrected chi connectivity index (χ0v) is 9.26. The van der Waals surface area contributed by atoms with Gasteiger partial charge in [-0.1, -0.05) is 0 Å². The summed E-state index contributed by atoms with van der Waals surface area (Å²) in [6, 6.07) is 0. The molecule has 0 aliphatic heterocycles. The molecule has 0 heterocycles. The molecule has 1 atom stereocenters. The van der Waals surface area contributed by atoms with E-state index in [9.17, 15) is 27.6 Å². The Morgan fingerprint density at radius 1 is 1.28 bits per heavy atom. The summed E-state index contributed by atoms with van der Waals surface area (Å²) in [6.07, 6.45) is -1.92. The van der Waals surface area contributed by atoms with Gasteiger partial charge in [-0.25, -0.2) is 4.79 Å². The predicted octanol–water partition coefficient (Wildman–Crippen LogP) is 1.02. The Morgan fingerprint density at radius 2 is 1.89 bits per heavy atom. The SMILES string of the molecule is COC(=O)C=CN(C=O)C=CC(C=O)C(F)(F)F. The fourth-order valence-electron chi connectivity index (χ4n) is 0.759. The Kier molecular flexibility index (Phi) is 6.40. The van der Waals surface area contributed by atoms with E-state index in [1.54, 1.807) is 0 Å².